The second-order valence-corrected chi connectivity index (χ2v) is 5.28. The minimum Gasteiger partial charge on any atom is -0.399 e. The fourth-order valence-corrected chi connectivity index (χ4v) is 2.53. The van der Waals surface area contributed by atoms with Gasteiger partial charge in [0.05, 0.1) is 12.2 Å². The Hall–Kier alpha value is -3.22. The number of anilines is 1. The molecule has 7 heteroatoms. The average molecular weight is 306 g/mol. The monoisotopic (exact) mass is 306 g/mol. The molecule has 23 heavy (non-hydrogen) atoms. The largest absolute Gasteiger partial charge is 0.399 e. The Morgan fingerprint density at radius 3 is 2.74 bits per heavy atom. The second-order valence-electron chi connectivity index (χ2n) is 5.28. The number of hydrogen-bond acceptors (Lipinski definition) is 5. The Bertz CT molecular complexity index is 884. The molecule has 3 heterocycles. The summed E-state index contributed by atoms with van der Waals surface area (Å²) in [7, 11) is 0. The number of amides is 1. The fourth-order valence-electron chi connectivity index (χ4n) is 2.53. The molecule has 0 radical (unpaired) electrons. The molecule has 0 saturated carbocycles. The minimum absolute atomic E-state index is 0.109. The van der Waals surface area contributed by atoms with Gasteiger partial charge in [-0.25, -0.2) is 9.97 Å². The number of benzene rings is 1. The summed E-state index contributed by atoms with van der Waals surface area (Å²) in [5, 5.41) is 7.27. The number of fused-ring (bicyclic) bond motifs is 1. The van der Waals surface area contributed by atoms with Crippen molar-refractivity contribution in [3.8, 4) is 22.8 Å². The number of carbonyl (C=O) groups excluding carboxylic acids is 1. The molecule has 0 spiro atoms. The number of nitrogens with two attached hydrogens (primary N) is 1. The SMILES string of the molecule is Nc1ccc(-c2nccc(-c3cc4n(n3)CCNC4=O)n2)cc1. The first-order valence-corrected chi connectivity index (χ1v) is 7.26. The zero-order valence-corrected chi connectivity index (χ0v) is 12.2. The highest BCUT2D eigenvalue weighted by Gasteiger charge is 2.20. The van der Waals surface area contributed by atoms with Crippen LogP contribution >= 0.6 is 0 Å². The highest BCUT2D eigenvalue weighted by atomic mass is 16.2. The van der Waals surface area contributed by atoms with Gasteiger partial charge in [-0.2, -0.15) is 5.10 Å². The van der Waals surface area contributed by atoms with Gasteiger partial charge in [0.1, 0.15) is 11.4 Å². The number of hydrogen-bond donors (Lipinski definition) is 2. The summed E-state index contributed by atoms with van der Waals surface area (Å²) in [6.07, 6.45) is 1.69. The summed E-state index contributed by atoms with van der Waals surface area (Å²) in [6, 6.07) is 10.9. The molecule has 0 saturated heterocycles. The maximum Gasteiger partial charge on any atom is 0.269 e. The molecule has 1 amide bonds. The van der Waals surface area contributed by atoms with Crippen molar-refractivity contribution >= 4 is 11.6 Å². The summed E-state index contributed by atoms with van der Waals surface area (Å²) in [6.45, 7) is 1.25. The van der Waals surface area contributed by atoms with Crippen molar-refractivity contribution in [3.05, 3.63) is 48.3 Å². The fraction of sp³-hybridized carbons (Fsp3) is 0.125. The van der Waals surface area contributed by atoms with E-state index in [1.165, 1.54) is 0 Å². The first kappa shape index (κ1) is 13.4. The Morgan fingerprint density at radius 2 is 1.96 bits per heavy atom. The number of carbonyl (C=O) groups is 1. The summed E-state index contributed by atoms with van der Waals surface area (Å²) in [5.41, 5.74) is 9.17. The molecule has 0 atom stereocenters. The summed E-state index contributed by atoms with van der Waals surface area (Å²) in [5.74, 6) is 0.487. The lowest BCUT2D eigenvalue weighted by molar-refractivity contribution is 0.0924. The van der Waals surface area contributed by atoms with E-state index in [1.54, 1.807) is 23.0 Å². The Labute approximate surface area is 132 Å². The maximum absolute atomic E-state index is 11.8. The van der Waals surface area contributed by atoms with Crippen LogP contribution in [0.25, 0.3) is 22.8 Å². The average Bonchev–Trinajstić information content (AvgIpc) is 3.01. The lowest BCUT2D eigenvalue weighted by Crippen LogP contribution is -2.35. The summed E-state index contributed by atoms with van der Waals surface area (Å²) >= 11 is 0. The van der Waals surface area contributed by atoms with Crippen molar-refractivity contribution in [2.45, 2.75) is 6.54 Å². The molecule has 0 aliphatic carbocycles. The first-order chi connectivity index (χ1) is 11.2. The molecule has 1 aliphatic rings. The molecule has 114 valence electrons. The summed E-state index contributed by atoms with van der Waals surface area (Å²) < 4.78 is 1.71. The third-order valence-corrected chi connectivity index (χ3v) is 3.71. The van der Waals surface area contributed by atoms with E-state index in [9.17, 15) is 4.79 Å². The lowest BCUT2D eigenvalue weighted by atomic mass is 10.2. The predicted octanol–water partition coefficient (Wildman–Crippen LogP) is 1.33. The van der Waals surface area contributed by atoms with E-state index in [2.05, 4.69) is 20.4 Å². The molecule has 3 N–H and O–H groups in total. The highest BCUT2D eigenvalue weighted by Crippen LogP contribution is 2.22. The zero-order valence-electron chi connectivity index (χ0n) is 12.2. The van der Waals surface area contributed by atoms with Crippen LogP contribution in [0.1, 0.15) is 10.5 Å². The van der Waals surface area contributed by atoms with Crippen LogP contribution in [0.3, 0.4) is 0 Å². The first-order valence-electron chi connectivity index (χ1n) is 7.26. The van der Waals surface area contributed by atoms with E-state index >= 15 is 0 Å². The normalized spacial score (nSPS) is 13.5. The molecule has 2 aromatic heterocycles. The molecule has 1 aromatic carbocycles. The molecule has 7 nitrogen and oxygen atoms in total. The third-order valence-electron chi connectivity index (χ3n) is 3.71. The molecule has 0 bridgehead atoms. The van der Waals surface area contributed by atoms with Crippen LogP contribution in [0.15, 0.2) is 42.6 Å². The van der Waals surface area contributed by atoms with Gasteiger partial charge in [0, 0.05) is 24.0 Å². The molecular weight excluding hydrogens is 292 g/mol. The zero-order chi connectivity index (χ0) is 15.8. The van der Waals surface area contributed by atoms with Crippen LogP contribution in [0.2, 0.25) is 0 Å². The summed E-state index contributed by atoms with van der Waals surface area (Å²) in [4.78, 5) is 20.7. The van der Waals surface area contributed by atoms with Gasteiger partial charge in [0.15, 0.2) is 5.82 Å². The van der Waals surface area contributed by atoms with Gasteiger partial charge >= 0.3 is 0 Å². The molecule has 0 unspecified atom stereocenters. The molecule has 4 rings (SSSR count). The van der Waals surface area contributed by atoms with Gasteiger partial charge < -0.3 is 11.1 Å². The van der Waals surface area contributed by atoms with Crippen molar-refractivity contribution < 1.29 is 4.79 Å². The Kier molecular flexibility index (Phi) is 3.04. The minimum atomic E-state index is -0.109. The number of rotatable bonds is 2. The van der Waals surface area contributed by atoms with Gasteiger partial charge in [-0.3, -0.25) is 9.48 Å². The van der Waals surface area contributed by atoms with Crippen LogP contribution < -0.4 is 11.1 Å². The second kappa shape index (κ2) is 5.20. The van der Waals surface area contributed by atoms with Crippen molar-refractivity contribution in [2.24, 2.45) is 0 Å². The number of nitrogens with zero attached hydrogens (tertiary/aromatic N) is 4. The van der Waals surface area contributed by atoms with Gasteiger partial charge in [0.25, 0.3) is 5.91 Å². The van der Waals surface area contributed by atoms with Crippen molar-refractivity contribution in [1.82, 2.24) is 25.1 Å². The van der Waals surface area contributed by atoms with Crippen LogP contribution in [0.4, 0.5) is 5.69 Å². The predicted molar refractivity (Wildman–Crippen MR) is 85.4 cm³/mol. The molecule has 3 aromatic rings. The number of nitrogen functional groups attached to an aromatic ring is 1. The van der Waals surface area contributed by atoms with Crippen LogP contribution in [-0.4, -0.2) is 32.2 Å². The molecular formula is C16H14N6O. The van der Waals surface area contributed by atoms with E-state index < -0.39 is 0 Å². The smallest absolute Gasteiger partial charge is 0.269 e. The number of nitrogens with one attached hydrogen (secondary N) is 1. The van der Waals surface area contributed by atoms with E-state index in [0.717, 1.165) is 5.56 Å². The quantitative estimate of drug-likeness (QED) is 0.696. The van der Waals surface area contributed by atoms with Gasteiger partial charge in [-0.05, 0) is 36.4 Å². The van der Waals surface area contributed by atoms with Crippen LogP contribution in [-0.2, 0) is 6.54 Å². The topological polar surface area (TPSA) is 98.7 Å². The maximum atomic E-state index is 11.8. The van der Waals surface area contributed by atoms with Gasteiger partial charge in [0.2, 0.25) is 0 Å². The van der Waals surface area contributed by atoms with E-state index in [0.29, 0.717) is 41.7 Å². The van der Waals surface area contributed by atoms with Crippen LogP contribution in [0, 0.1) is 0 Å². The van der Waals surface area contributed by atoms with Crippen LogP contribution in [0.5, 0.6) is 0 Å². The van der Waals surface area contributed by atoms with E-state index in [4.69, 9.17) is 5.73 Å². The van der Waals surface area contributed by atoms with E-state index in [-0.39, 0.29) is 5.91 Å². The molecule has 0 fully saturated rings. The van der Waals surface area contributed by atoms with Crippen molar-refractivity contribution in [2.75, 3.05) is 12.3 Å². The Morgan fingerprint density at radius 1 is 1.13 bits per heavy atom. The molecule has 1 aliphatic heterocycles. The lowest BCUT2D eigenvalue weighted by Gasteiger charge is -2.13. The standard InChI is InChI=1S/C16H14N6O/c17-11-3-1-10(2-4-11)15-18-6-5-12(20-15)13-9-14-16(23)19-7-8-22(14)21-13/h1-6,9H,7-8,17H2,(H,19,23). The Balaban J connectivity index is 1.74. The number of aromatic nitrogens is 4. The van der Waals surface area contributed by atoms with Gasteiger partial charge in [-0.1, -0.05) is 0 Å². The van der Waals surface area contributed by atoms with Gasteiger partial charge in [-0.15, -0.1) is 0 Å². The van der Waals surface area contributed by atoms with E-state index in [1.807, 2.05) is 24.3 Å². The van der Waals surface area contributed by atoms with Crippen molar-refractivity contribution in [3.63, 3.8) is 0 Å². The third kappa shape index (κ3) is 2.42. The van der Waals surface area contributed by atoms with Crippen molar-refractivity contribution in [1.29, 1.82) is 0 Å². The highest BCUT2D eigenvalue weighted by molar-refractivity contribution is 5.94.